The normalized spacial score (nSPS) is 9.79. The molecule has 0 aliphatic carbocycles. The highest BCUT2D eigenvalue weighted by Gasteiger charge is 2.11. The predicted octanol–water partition coefficient (Wildman–Crippen LogP) is 1.89. The zero-order chi connectivity index (χ0) is 14.3. The molecule has 1 N–H and O–H groups in total. The number of nitrogens with zero attached hydrogens (tertiary/aromatic N) is 1. The summed E-state index contributed by atoms with van der Waals surface area (Å²) in [4.78, 5) is 22.7. The molecule has 100 valence electrons. The van der Waals surface area contributed by atoms with E-state index in [4.69, 9.17) is 10.00 Å². The second-order valence-corrected chi connectivity index (χ2v) is 4.34. The molecule has 0 aromatic heterocycles. The van der Waals surface area contributed by atoms with Crippen LogP contribution < -0.4 is 5.32 Å². The molecule has 0 radical (unpaired) electrons. The molecular weight excluding hydrogens is 244 g/mol. The molecule has 5 nitrogen and oxygen atoms in total. The molecule has 1 aromatic carbocycles. The maximum absolute atomic E-state index is 11.5. The Balaban J connectivity index is 2.44. The standard InChI is InChI=1S/C14H16N2O3/c1-10(2)14(18)19-9-13(17)16-12-5-3-11(4-6-12)7-8-15/h3-6,10H,7,9H2,1-2H3,(H,16,17). The van der Waals surface area contributed by atoms with Gasteiger partial charge in [0.05, 0.1) is 18.4 Å². The van der Waals surface area contributed by atoms with E-state index in [9.17, 15) is 9.59 Å². The largest absolute Gasteiger partial charge is 0.455 e. The van der Waals surface area contributed by atoms with E-state index in [1.807, 2.05) is 6.07 Å². The lowest BCUT2D eigenvalue weighted by Crippen LogP contribution is -2.22. The molecule has 0 aliphatic heterocycles. The first kappa shape index (κ1) is 14.7. The predicted molar refractivity (Wildman–Crippen MR) is 70.2 cm³/mol. The highest BCUT2D eigenvalue weighted by molar-refractivity contribution is 5.92. The van der Waals surface area contributed by atoms with Crippen LogP contribution in [-0.4, -0.2) is 18.5 Å². The minimum Gasteiger partial charge on any atom is -0.455 e. The minimum atomic E-state index is -0.403. The van der Waals surface area contributed by atoms with Crippen LogP contribution in [0.25, 0.3) is 0 Å². The van der Waals surface area contributed by atoms with Gasteiger partial charge in [-0.25, -0.2) is 0 Å². The summed E-state index contributed by atoms with van der Waals surface area (Å²) >= 11 is 0. The summed E-state index contributed by atoms with van der Waals surface area (Å²) in [5.74, 6) is -1.04. The Labute approximate surface area is 112 Å². The monoisotopic (exact) mass is 260 g/mol. The highest BCUT2D eigenvalue weighted by Crippen LogP contribution is 2.09. The minimum absolute atomic E-state index is 0.252. The van der Waals surface area contributed by atoms with Crippen LogP contribution >= 0.6 is 0 Å². The number of ether oxygens (including phenoxy) is 1. The molecule has 0 aliphatic rings. The van der Waals surface area contributed by atoms with Gasteiger partial charge in [0.25, 0.3) is 5.91 Å². The fraction of sp³-hybridized carbons (Fsp3) is 0.357. The first-order valence-corrected chi connectivity index (χ1v) is 5.95. The second kappa shape index (κ2) is 7.17. The zero-order valence-electron chi connectivity index (χ0n) is 11.0. The average Bonchev–Trinajstić information content (AvgIpc) is 2.38. The van der Waals surface area contributed by atoms with Crippen LogP contribution in [0.5, 0.6) is 0 Å². The van der Waals surface area contributed by atoms with E-state index in [-0.39, 0.29) is 18.4 Å². The molecular formula is C14H16N2O3. The van der Waals surface area contributed by atoms with Gasteiger partial charge in [-0.3, -0.25) is 9.59 Å². The van der Waals surface area contributed by atoms with Gasteiger partial charge in [0.1, 0.15) is 0 Å². The summed E-state index contributed by atoms with van der Waals surface area (Å²) in [6.07, 6.45) is 0.334. The van der Waals surface area contributed by atoms with Gasteiger partial charge in [-0.15, -0.1) is 0 Å². The van der Waals surface area contributed by atoms with Crippen molar-refractivity contribution in [3.05, 3.63) is 29.8 Å². The number of nitrogens with one attached hydrogen (secondary N) is 1. The third-order valence-corrected chi connectivity index (χ3v) is 2.34. The van der Waals surface area contributed by atoms with Crippen molar-refractivity contribution in [2.45, 2.75) is 20.3 Å². The second-order valence-electron chi connectivity index (χ2n) is 4.34. The molecule has 0 unspecified atom stereocenters. The number of benzene rings is 1. The lowest BCUT2D eigenvalue weighted by atomic mass is 10.1. The van der Waals surface area contributed by atoms with Crippen LogP contribution in [0.15, 0.2) is 24.3 Å². The van der Waals surface area contributed by atoms with Crippen molar-refractivity contribution >= 4 is 17.6 Å². The van der Waals surface area contributed by atoms with Crippen LogP contribution in [0.3, 0.4) is 0 Å². The molecule has 0 bridgehead atoms. The molecule has 5 heteroatoms. The van der Waals surface area contributed by atoms with E-state index < -0.39 is 5.97 Å². The molecule has 0 saturated heterocycles. The van der Waals surface area contributed by atoms with Gasteiger partial charge in [0.2, 0.25) is 0 Å². The van der Waals surface area contributed by atoms with E-state index in [1.165, 1.54) is 0 Å². The van der Waals surface area contributed by atoms with Crippen molar-refractivity contribution in [2.75, 3.05) is 11.9 Å². The number of carbonyl (C=O) groups is 2. The van der Waals surface area contributed by atoms with Gasteiger partial charge in [0, 0.05) is 5.69 Å². The summed E-state index contributed by atoms with van der Waals surface area (Å²) in [5, 5.41) is 11.1. The third kappa shape index (κ3) is 5.21. The van der Waals surface area contributed by atoms with E-state index in [0.717, 1.165) is 5.56 Å². The molecule has 0 atom stereocenters. The Morgan fingerprint density at radius 2 is 1.95 bits per heavy atom. The van der Waals surface area contributed by atoms with Crippen molar-refractivity contribution in [3.63, 3.8) is 0 Å². The Morgan fingerprint density at radius 1 is 1.32 bits per heavy atom. The summed E-state index contributed by atoms with van der Waals surface area (Å²) in [5.41, 5.74) is 1.49. The van der Waals surface area contributed by atoms with Gasteiger partial charge in [0.15, 0.2) is 6.61 Å². The zero-order valence-corrected chi connectivity index (χ0v) is 11.0. The summed E-state index contributed by atoms with van der Waals surface area (Å²) < 4.78 is 4.81. The van der Waals surface area contributed by atoms with Crippen molar-refractivity contribution in [2.24, 2.45) is 5.92 Å². The first-order chi connectivity index (χ1) is 9.02. The number of hydrogen-bond donors (Lipinski definition) is 1. The smallest absolute Gasteiger partial charge is 0.308 e. The number of nitriles is 1. The van der Waals surface area contributed by atoms with Crippen molar-refractivity contribution in [1.82, 2.24) is 0 Å². The van der Waals surface area contributed by atoms with Crippen LogP contribution in [0, 0.1) is 17.2 Å². The Kier molecular flexibility index (Phi) is 5.55. The number of hydrogen-bond acceptors (Lipinski definition) is 4. The summed E-state index contributed by atoms with van der Waals surface area (Å²) in [6, 6.07) is 8.97. The molecule has 19 heavy (non-hydrogen) atoms. The number of rotatable bonds is 5. The van der Waals surface area contributed by atoms with Crippen LogP contribution in [-0.2, 0) is 20.7 Å². The molecule has 0 saturated carbocycles. The molecule has 1 amide bonds. The van der Waals surface area contributed by atoms with Gasteiger partial charge in [-0.05, 0) is 17.7 Å². The molecule has 0 fully saturated rings. The maximum atomic E-state index is 11.5. The lowest BCUT2D eigenvalue weighted by molar-refractivity contribution is -0.150. The maximum Gasteiger partial charge on any atom is 0.308 e. The Hall–Kier alpha value is -2.35. The van der Waals surface area contributed by atoms with Crippen molar-refractivity contribution in [3.8, 4) is 6.07 Å². The van der Waals surface area contributed by atoms with Gasteiger partial charge < -0.3 is 10.1 Å². The Morgan fingerprint density at radius 3 is 2.47 bits per heavy atom. The van der Waals surface area contributed by atoms with Gasteiger partial charge in [-0.2, -0.15) is 5.26 Å². The Bertz CT molecular complexity index is 486. The van der Waals surface area contributed by atoms with E-state index in [2.05, 4.69) is 5.32 Å². The third-order valence-electron chi connectivity index (χ3n) is 2.34. The fourth-order valence-corrected chi connectivity index (χ4v) is 1.30. The lowest BCUT2D eigenvalue weighted by Gasteiger charge is -2.08. The van der Waals surface area contributed by atoms with E-state index in [0.29, 0.717) is 12.1 Å². The SMILES string of the molecule is CC(C)C(=O)OCC(=O)Nc1ccc(CC#N)cc1. The topological polar surface area (TPSA) is 79.2 Å². The fourth-order valence-electron chi connectivity index (χ4n) is 1.30. The quantitative estimate of drug-likeness (QED) is 0.820. The molecule has 1 aromatic rings. The van der Waals surface area contributed by atoms with Crippen molar-refractivity contribution in [1.29, 1.82) is 5.26 Å². The number of esters is 1. The molecule has 0 heterocycles. The number of amides is 1. The van der Waals surface area contributed by atoms with Gasteiger partial charge in [-0.1, -0.05) is 26.0 Å². The van der Waals surface area contributed by atoms with Crippen molar-refractivity contribution < 1.29 is 14.3 Å². The van der Waals surface area contributed by atoms with E-state index >= 15 is 0 Å². The number of carbonyl (C=O) groups excluding carboxylic acids is 2. The van der Waals surface area contributed by atoms with Crippen LogP contribution in [0.4, 0.5) is 5.69 Å². The van der Waals surface area contributed by atoms with Crippen LogP contribution in [0.2, 0.25) is 0 Å². The average molecular weight is 260 g/mol. The van der Waals surface area contributed by atoms with Gasteiger partial charge >= 0.3 is 5.97 Å². The summed E-state index contributed by atoms with van der Waals surface area (Å²) in [7, 11) is 0. The van der Waals surface area contributed by atoms with E-state index in [1.54, 1.807) is 38.1 Å². The van der Waals surface area contributed by atoms with Crippen LogP contribution in [0.1, 0.15) is 19.4 Å². The first-order valence-electron chi connectivity index (χ1n) is 5.95. The highest BCUT2D eigenvalue weighted by atomic mass is 16.5. The summed E-state index contributed by atoms with van der Waals surface area (Å²) in [6.45, 7) is 3.11. The molecule has 0 spiro atoms. The number of anilines is 1. The molecule has 1 rings (SSSR count).